The molecule has 2 rings (SSSR count). The van der Waals surface area contributed by atoms with Gasteiger partial charge in [-0.05, 0) is 63.7 Å². The van der Waals surface area contributed by atoms with Crippen molar-refractivity contribution in [2.75, 3.05) is 0 Å². The smallest absolute Gasteiger partial charge is 0.335 e. The Morgan fingerprint density at radius 2 is 2.11 bits per heavy atom. The number of allylic oxidation sites excluding steroid dienone is 3. The quantitative estimate of drug-likeness (QED) is 0.738. The van der Waals surface area contributed by atoms with Crippen LogP contribution in [0.1, 0.15) is 47.0 Å². The maximum Gasteiger partial charge on any atom is 0.335 e. The van der Waals surface area contributed by atoms with Crippen LogP contribution < -0.4 is 5.73 Å². The van der Waals surface area contributed by atoms with E-state index in [1.807, 2.05) is 33.8 Å². The van der Waals surface area contributed by atoms with Crippen LogP contribution >= 0.6 is 0 Å². The minimum Gasteiger partial charge on any atom is -0.457 e. The fourth-order valence-electron chi connectivity index (χ4n) is 2.67. The van der Waals surface area contributed by atoms with Crippen molar-refractivity contribution in [3.8, 4) is 0 Å². The van der Waals surface area contributed by atoms with E-state index in [9.17, 15) is 4.79 Å². The second kappa shape index (κ2) is 4.97. The summed E-state index contributed by atoms with van der Waals surface area (Å²) in [5, 5.41) is 0. The lowest BCUT2D eigenvalue weighted by molar-refractivity contribution is -0.150. The normalized spacial score (nSPS) is 23.5. The molecule has 0 radical (unpaired) electrons. The van der Waals surface area contributed by atoms with Crippen LogP contribution in [0.5, 0.6) is 0 Å². The van der Waals surface area contributed by atoms with E-state index in [0.717, 1.165) is 24.0 Å². The largest absolute Gasteiger partial charge is 0.457 e. The van der Waals surface area contributed by atoms with Gasteiger partial charge >= 0.3 is 5.97 Å². The highest BCUT2D eigenvalue weighted by atomic mass is 16.6. The summed E-state index contributed by atoms with van der Waals surface area (Å²) in [7, 11) is 0. The lowest BCUT2D eigenvalue weighted by atomic mass is 9.98. The Balaban J connectivity index is 2.33. The van der Waals surface area contributed by atoms with Gasteiger partial charge in [0.15, 0.2) is 0 Å². The van der Waals surface area contributed by atoms with Crippen molar-refractivity contribution in [2.45, 2.75) is 58.6 Å². The number of hydrogen-bond acceptors (Lipinski definition) is 3. The third-order valence-electron chi connectivity index (χ3n) is 3.62. The van der Waals surface area contributed by atoms with Crippen molar-refractivity contribution in [1.82, 2.24) is 0 Å². The third-order valence-corrected chi connectivity index (χ3v) is 3.62. The first kappa shape index (κ1) is 14.1. The van der Waals surface area contributed by atoms with Gasteiger partial charge in [-0.15, -0.1) is 0 Å². The molecule has 0 aromatic rings. The molecule has 0 saturated carbocycles. The predicted octanol–water partition coefficient (Wildman–Crippen LogP) is 3.02. The molecule has 0 aromatic carbocycles. The number of carbonyl (C=O) groups is 1. The Kier molecular flexibility index (Phi) is 3.68. The van der Waals surface area contributed by atoms with Gasteiger partial charge < -0.3 is 10.5 Å². The molecule has 0 heterocycles. The van der Waals surface area contributed by atoms with Gasteiger partial charge in [0.25, 0.3) is 0 Å². The van der Waals surface area contributed by atoms with Crippen molar-refractivity contribution < 1.29 is 9.53 Å². The van der Waals surface area contributed by atoms with E-state index in [2.05, 4.69) is 6.08 Å². The monoisotopic (exact) mass is 261 g/mol. The molecule has 0 fully saturated rings. The zero-order valence-corrected chi connectivity index (χ0v) is 12.2. The Bertz CT molecular complexity index is 489. The van der Waals surface area contributed by atoms with Gasteiger partial charge in [0.05, 0.1) is 0 Å². The summed E-state index contributed by atoms with van der Waals surface area (Å²) >= 11 is 0. The number of rotatable bonds is 1. The summed E-state index contributed by atoms with van der Waals surface area (Å²) in [6.45, 7) is 7.69. The van der Waals surface area contributed by atoms with Gasteiger partial charge in [0.2, 0.25) is 0 Å². The molecule has 1 atom stereocenters. The van der Waals surface area contributed by atoms with Gasteiger partial charge in [-0.1, -0.05) is 12.2 Å². The fraction of sp³-hybridized carbons (Fsp3) is 0.562. The number of esters is 1. The molecule has 1 unspecified atom stereocenters. The molecule has 0 spiro atoms. The van der Waals surface area contributed by atoms with Gasteiger partial charge in [0.1, 0.15) is 5.60 Å². The summed E-state index contributed by atoms with van der Waals surface area (Å²) in [6, 6.07) is 0.110. The maximum absolute atomic E-state index is 12.3. The first-order chi connectivity index (χ1) is 8.79. The molecule has 19 heavy (non-hydrogen) atoms. The number of carbonyl (C=O) groups excluding carboxylic acids is 1. The third kappa shape index (κ3) is 2.98. The molecule has 3 nitrogen and oxygen atoms in total. The highest BCUT2D eigenvalue weighted by molar-refractivity contribution is 5.91. The zero-order valence-electron chi connectivity index (χ0n) is 12.2. The highest BCUT2D eigenvalue weighted by Crippen LogP contribution is 2.36. The second-order valence-electron chi connectivity index (χ2n) is 6.29. The van der Waals surface area contributed by atoms with Crippen molar-refractivity contribution in [1.29, 1.82) is 0 Å². The molecule has 0 saturated heterocycles. The second-order valence-corrected chi connectivity index (χ2v) is 6.29. The van der Waals surface area contributed by atoms with E-state index < -0.39 is 5.60 Å². The van der Waals surface area contributed by atoms with Crippen molar-refractivity contribution in [2.24, 2.45) is 5.73 Å². The van der Waals surface area contributed by atoms with Crippen LogP contribution in [0.4, 0.5) is 0 Å². The van der Waals surface area contributed by atoms with E-state index >= 15 is 0 Å². The summed E-state index contributed by atoms with van der Waals surface area (Å²) in [4.78, 5) is 12.3. The topological polar surface area (TPSA) is 52.3 Å². The van der Waals surface area contributed by atoms with Crippen LogP contribution in [-0.4, -0.2) is 17.6 Å². The van der Waals surface area contributed by atoms with E-state index in [1.54, 1.807) is 0 Å². The van der Waals surface area contributed by atoms with Crippen molar-refractivity contribution >= 4 is 5.97 Å². The number of hydrogen-bond donors (Lipinski definition) is 1. The van der Waals surface area contributed by atoms with E-state index in [-0.39, 0.29) is 12.0 Å². The lowest BCUT2D eigenvalue weighted by Crippen LogP contribution is -2.25. The predicted molar refractivity (Wildman–Crippen MR) is 76.5 cm³/mol. The maximum atomic E-state index is 12.3. The molecule has 2 N–H and O–H groups in total. The van der Waals surface area contributed by atoms with Crippen LogP contribution in [0, 0.1) is 0 Å². The van der Waals surface area contributed by atoms with Gasteiger partial charge in [-0.3, -0.25) is 0 Å². The van der Waals surface area contributed by atoms with Crippen LogP contribution in [0.3, 0.4) is 0 Å². The fourth-order valence-corrected chi connectivity index (χ4v) is 2.67. The van der Waals surface area contributed by atoms with Gasteiger partial charge in [-0.2, -0.15) is 0 Å². The Labute approximate surface area is 115 Å². The molecule has 0 aliphatic heterocycles. The molecule has 0 bridgehead atoms. The first-order valence-corrected chi connectivity index (χ1v) is 6.88. The molecule has 0 aromatic heterocycles. The Hall–Kier alpha value is -1.35. The molecule has 2 aliphatic carbocycles. The van der Waals surface area contributed by atoms with Crippen molar-refractivity contribution in [3.63, 3.8) is 0 Å². The molecule has 3 heteroatoms. The molecule has 104 valence electrons. The lowest BCUT2D eigenvalue weighted by Gasteiger charge is -2.21. The Morgan fingerprint density at radius 3 is 2.74 bits per heavy atom. The zero-order chi connectivity index (χ0) is 14.2. The Morgan fingerprint density at radius 1 is 1.42 bits per heavy atom. The number of ether oxygens (including phenoxy) is 1. The average Bonchev–Trinajstić information content (AvgIpc) is 2.53. The highest BCUT2D eigenvalue weighted by Gasteiger charge is 2.28. The molecular weight excluding hydrogens is 238 g/mol. The first-order valence-electron chi connectivity index (χ1n) is 6.88. The van der Waals surface area contributed by atoms with Gasteiger partial charge in [0, 0.05) is 11.6 Å². The summed E-state index contributed by atoms with van der Waals surface area (Å²) in [5.74, 6) is -0.205. The minimum absolute atomic E-state index is 0.110. The van der Waals surface area contributed by atoms with Crippen LogP contribution in [-0.2, 0) is 9.53 Å². The van der Waals surface area contributed by atoms with Gasteiger partial charge in [-0.25, -0.2) is 4.79 Å². The minimum atomic E-state index is -0.455. The van der Waals surface area contributed by atoms with E-state index in [1.165, 1.54) is 11.1 Å². The molecule has 0 amide bonds. The summed E-state index contributed by atoms with van der Waals surface area (Å²) < 4.78 is 5.49. The van der Waals surface area contributed by atoms with Crippen LogP contribution in [0.25, 0.3) is 0 Å². The SMILES string of the molecule is CC1=C(C(=O)OC(C)(C)C)CC=CC2=C1CCC2N. The average molecular weight is 261 g/mol. The standard InChI is InChI=1S/C16H23NO2/c1-10-11-8-9-14(17)13(11)7-5-6-12(10)15(18)19-16(2,3)4/h5,7,14H,6,8-9,17H2,1-4H3. The van der Waals surface area contributed by atoms with Crippen LogP contribution in [0.15, 0.2) is 34.4 Å². The van der Waals surface area contributed by atoms with Crippen LogP contribution in [0.2, 0.25) is 0 Å². The summed E-state index contributed by atoms with van der Waals surface area (Å²) in [6.07, 6.45) is 6.65. The molecular formula is C16H23NO2. The van der Waals surface area contributed by atoms with E-state index in [4.69, 9.17) is 10.5 Å². The van der Waals surface area contributed by atoms with E-state index in [0.29, 0.717) is 6.42 Å². The number of nitrogens with two attached hydrogens (primary N) is 1. The summed E-state index contributed by atoms with van der Waals surface area (Å²) in [5.41, 5.74) is 9.90. The van der Waals surface area contributed by atoms with Crippen molar-refractivity contribution in [3.05, 3.63) is 34.4 Å². The molecule has 2 aliphatic rings.